The molecule has 2 rings (SSSR count). The highest BCUT2D eigenvalue weighted by molar-refractivity contribution is 6.09. The van der Waals surface area contributed by atoms with Gasteiger partial charge < -0.3 is 16.0 Å². The second-order valence-corrected chi connectivity index (χ2v) is 5.40. The van der Waals surface area contributed by atoms with Crippen molar-refractivity contribution in [1.29, 1.82) is 0 Å². The van der Waals surface area contributed by atoms with Gasteiger partial charge in [0.15, 0.2) is 0 Å². The second-order valence-electron chi connectivity index (χ2n) is 5.40. The number of hydrogen-bond acceptors (Lipinski definition) is 3. The summed E-state index contributed by atoms with van der Waals surface area (Å²) in [4.78, 5) is 28.6. The van der Waals surface area contributed by atoms with E-state index in [1.807, 2.05) is 19.1 Å². The molecule has 0 aliphatic rings. The van der Waals surface area contributed by atoms with E-state index in [0.29, 0.717) is 23.6 Å². The Kier molecular flexibility index (Phi) is 6.31. The molecule has 0 radical (unpaired) electrons. The Morgan fingerprint density at radius 1 is 1.04 bits per heavy atom. The number of rotatable bonds is 6. The smallest absolute Gasteiger partial charge is 0.319 e. The molecule has 0 saturated heterocycles. The van der Waals surface area contributed by atoms with Gasteiger partial charge >= 0.3 is 6.03 Å². The average molecular weight is 326 g/mol. The van der Waals surface area contributed by atoms with Crippen molar-refractivity contribution in [2.45, 2.75) is 26.7 Å². The van der Waals surface area contributed by atoms with Crippen LogP contribution in [0.25, 0.3) is 0 Å². The molecule has 0 fully saturated rings. The van der Waals surface area contributed by atoms with E-state index in [0.717, 1.165) is 18.5 Å². The first-order valence-corrected chi connectivity index (χ1v) is 7.99. The number of carbonyl (C=O) groups is 2. The van der Waals surface area contributed by atoms with Crippen LogP contribution in [-0.4, -0.2) is 23.5 Å². The van der Waals surface area contributed by atoms with E-state index in [1.54, 1.807) is 30.3 Å². The molecule has 0 aliphatic carbocycles. The Morgan fingerprint density at radius 2 is 1.83 bits per heavy atom. The lowest BCUT2D eigenvalue weighted by Crippen LogP contribution is -2.30. The maximum atomic E-state index is 12.5. The van der Waals surface area contributed by atoms with Gasteiger partial charge in [0.05, 0.1) is 11.3 Å². The van der Waals surface area contributed by atoms with Crippen LogP contribution in [0.1, 0.15) is 35.8 Å². The van der Waals surface area contributed by atoms with Gasteiger partial charge in [-0.05, 0) is 37.6 Å². The summed E-state index contributed by atoms with van der Waals surface area (Å²) < 4.78 is 0. The number of benzene rings is 1. The van der Waals surface area contributed by atoms with Crippen LogP contribution in [0.4, 0.5) is 16.3 Å². The van der Waals surface area contributed by atoms with Gasteiger partial charge in [-0.1, -0.05) is 31.5 Å². The lowest BCUT2D eigenvalue weighted by Gasteiger charge is -2.12. The fraction of sp³-hybridized carbons (Fsp3) is 0.278. The number of aryl methyl sites for hydroxylation is 1. The zero-order valence-corrected chi connectivity index (χ0v) is 13.9. The molecule has 0 aliphatic heterocycles. The van der Waals surface area contributed by atoms with Crippen molar-refractivity contribution in [3.05, 3.63) is 53.7 Å². The minimum absolute atomic E-state index is 0.322. The third-order valence-electron chi connectivity index (χ3n) is 3.37. The number of para-hydroxylation sites is 1. The number of nitrogens with zero attached hydrogens (tertiary/aromatic N) is 1. The second kappa shape index (κ2) is 8.67. The van der Waals surface area contributed by atoms with E-state index in [4.69, 9.17) is 0 Å². The third kappa shape index (κ3) is 5.08. The van der Waals surface area contributed by atoms with Gasteiger partial charge in [-0.2, -0.15) is 0 Å². The molecule has 2 aromatic rings. The molecule has 3 amide bonds. The highest BCUT2D eigenvalue weighted by atomic mass is 16.2. The quantitative estimate of drug-likeness (QED) is 0.710. The van der Waals surface area contributed by atoms with Crippen LogP contribution in [0, 0.1) is 6.92 Å². The number of anilines is 2. The van der Waals surface area contributed by atoms with Gasteiger partial charge in [0.25, 0.3) is 5.91 Å². The lowest BCUT2D eigenvalue weighted by molar-refractivity contribution is 0.102. The molecular formula is C18H22N4O2. The van der Waals surface area contributed by atoms with E-state index < -0.39 is 0 Å². The molecule has 0 spiro atoms. The average Bonchev–Trinajstić information content (AvgIpc) is 2.55. The maximum absolute atomic E-state index is 12.5. The number of amides is 3. The Hall–Kier alpha value is -2.89. The van der Waals surface area contributed by atoms with Gasteiger partial charge in [0.2, 0.25) is 0 Å². The minimum Gasteiger partial charge on any atom is -0.338 e. The SMILES string of the molecule is CCCCNC(=O)Nc1ccccc1C(=O)Nc1cccc(C)n1. The van der Waals surface area contributed by atoms with Crippen LogP contribution < -0.4 is 16.0 Å². The van der Waals surface area contributed by atoms with Crippen molar-refractivity contribution in [2.75, 3.05) is 17.2 Å². The molecule has 3 N–H and O–H groups in total. The van der Waals surface area contributed by atoms with Gasteiger partial charge in [-0.3, -0.25) is 4.79 Å². The summed E-state index contributed by atoms with van der Waals surface area (Å²) >= 11 is 0. The van der Waals surface area contributed by atoms with Crippen molar-refractivity contribution in [3.8, 4) is 0 Å². The molecule has 0 saturated carbocycles. The molecule has 1 aromatic heterocycles. The molecule has 6 nitrogen and oxygen atoms in total. The molecule has 0 atom stereocenters. The van der Waals surface area contributed by atoms with E-state index >= 15 is 0 Å². The predicted octanol–water partition coefficient (Wildman–Crippen LogP) is 3.56. The van der Waals surface area contributed by atoms with Crippen molar-refractivity contribution >= 4 is 23.4 Å². The number of nitrogens with one attached hydrogen (secondary N) is 3. The predicted molar refractivity (Wildman–Crippen MR) is 95.3 cm³/mol. The fourth-order valence-corrected chi connectivity index (χ4v) is 2.13. The monoisotopic (exact) mass is 326 g/mol. The number of carbonyl (C=O) groups excluding carboxylic acids is 2. The first kappa shape index (κ1) is 17.5. The number of aromatic nitrogens is 1. The molecule has 1 heterocycles. The van der Waals surface area contributed by atoms with E-state index in [1.165, 1.54) is 0 Å². The van der Waals surface area contributed by atoms with E-state index in [-0.39, 0.29) is 11.9 Å². The van der Waals surface area contributed by atoms with Crippen molar-refractivity contribution < 1.29 is 9.59 Å². The molecular weight excluding hydrogens is 304 g/mol. The number of urea groups is 1. The molecule has 0 bridgehead atoms. The number of unbranched alkanes of at least 4 members (excludes halogenated alkanes) is 1. The van der Waals surface area contributed by atoms with Gasteiger partial charge in [0.1, 0.15) is 5.82 Å². The van der Waals surface area contributed by atoms with Gasteiger partial charge in [0, 0.05) is 12.2 Å². The Labute approximate surface area is 141 Å². The number of pyridine rings is 1. The van der Waals surface area contributed by atoms with Crippen LogP contribution in [0.5, 0.6) is 0 Å². The zero-order valence-electron chi connectivity index (χ0n) is 13.9. The Balaban J connectivity index is 2.07. The first-order chi connectivity index (χ1) is 11.6. The summed E-state index contributed by atoms with van der Waals surface area (Å²) in [6.45, 7) is 4.51. The van der Waals surface area contributed by atoms with E-state index in [9.17, 15) is 9.59 Å². The number of hydrogen-bond donors (Lipinski definition) is 3. The van der Waals surface area contributed by atoms with Gasteiger partial charge in [-0.15, -0.1) is 0 Å². The van der Waals surface area contributed by atoms with Crippen LogP contribution in [0.3, 0.4) is 0 Å². The third-order valence-corrected chi connectivity index (χ3v) is 3.37. The van der Waals surface area contributed by atoms with Crippen LogP contribution in [0.15, 0.2) is 42.5 Å². The fourth-order valence-electron chi connectivity index (χ4n) is 2.13. The molecule has 126 valence electrons. The summed E-state index contributed by atoms with van der Waals surface area (Å²) in [7, 11) is 0. The van der Waals surface area contributed by atoms with Crippen LogP contribution in [0.2, 0.25) is 0 Å². The topological polar surface area (TPSA) is 83.1 Å². The molecule has 1 aromatic carbocycles. The van der Waals surface area contributed by atoms with Crippen LogP contribution in [-0.2, 0) is 0 Å². The molecule has 24 heavy (non-hydrogen) atoms. The van der Waals surface area contributed by atoms with Crippen molar-refractivity contribution in [2.24, 2.45) is 0 Å². The minimum atomic E-state index is -0.322. The standard InChI is InChI=1S/C18H22N4O2/c1-3-4-12-19-18(24)21-15-10-6-5-9-14(15)17(23)22-16-11-7-8-13(2)20-16/h5-11H,3-4,12H2,1-2H3,(H2,19,21,24)(H,20,22,23). The maximum Gasteiger partial charge on any atom is 0.319 e. The molecule has 6 heteroatoms. The molecule has 0 unspecified atom stereocenters. The highest BCUT2D eigenvalue weighted by Crippen LogP contribution is 2.17. The summed E-state index contributed by atoms with van der Waals surface area (Å²) in [6, 6.07) is 11.9. The summed E-state index contributed by atoms with van der Waals surface area (Å²) in [5.74, 6) is 0.153. The Morgan fingerprint density at radius 3 is 2.58 bits per heavy atom. The normalized spacial score (nSPS) is 10.1. The van der Waals surface area contributed by atoms with Crippen molar-refractivity contribution in [1.82, 2.24) is 10.3 Å². The summed E-state index contributed by atoms with van der Waals surface area (Å²) in [5, 5.41) is 8.22. The lowest BCUT2D eigenvalue weighted by atomic mass is 10.1. The first-order valence-electron chi connectivity index (χ1n) is 7.99. The zero-order chi connectivity index (χ0) is 17.4. The van der Waals surface area contributed by atoms with Crippen LogP contribution >= 0.6 is 0 Å². The largest absolute Gasteiger partial charge is 0.338 e. The van der Waals surface area contributed by atoms with Gasteiger partial charge in [-0.25, -0.2) is 9.78 Å². The summed E-state index contributed by atoms with van der Waals surface area (Å²) in [5.41, 5.74) is 1.65. The highest BCUT2D eigenvalue weighted by Gasteiger charge is 2.13. The summed E-state index contributed by atoms with van der Waals surface area (Å²) in [6.07, 6.45) is 1.91. The van der Waals surface area contributed by atoms with Crippen molar-refractivity contribution in [3.63, 3.8) is 0 Å². The Bertz CT molecular complexity index is 716. The van der Waals surface area contributed by atoms with E-state index in [2.05, 4.69) is 27.9 Å².